The number of benzene rings is 1. The molecule has 0 bridgehead atoms. The van der Waals surface area contributed by atoms with E-state index in [1.807, 2.05) is 18.2 Å². The second kappa shape index (κ2) is 7.01. The van der Waals surface area contributed by atoms with Crippen molar-refractivity contribution in [2.24, 2.45) is 7.05 Å². The Balaban J connectivity index is 1.94. The van der Waals surface area contributed by atoms with Crippen LogP contribution in [0.2, 0.25) is 5.02 Å². The monoisotopic (exact) mass is 400 g/mol. The Kier molecular flexibility index (Phi) is 4.54. The molecule has 136 valence electrons. The molecule has 0 spiro atoms. The number of halogens is 1. The van der Waals surface area contributed by atoms with Crippen LogP contribution < -0.4 is 11.2 Å². The minimum absolute atomic E-state index is 0.286. The molecule has 0 aliphatic heterocycles. The molecule has 27 heavy (non-hydrogen) atoms. The summed E-state index contributed by atoms with van der Waals surface area (Å²) in [5.41, 5.74) is 0.364. The second-order valence-corrected chi connectivity index (χ2v) is 7.04. The molecule has 0 aliphatic carbocycles. The summed E-state index contributed by atoms with van der Waals surface area (Å²) in [5, 5.41) is 1.55. The van der Waals surface area contributed by atoms with E-state index >= 15 is 0 Å². The van der Waals surface area contributed by atoms with E-state index in [9.17, 15) is 9.59 Å². The number of rotatable bonds is 4. The van der Waals surface area contributed by atoms with Crippen molar-refractivity contribution in [3.05, 3.63) is 74.1 Å². The molecule has 8 nitrogen and oxygen atoms in total. The number of fused-ring (bicyclic) bond motifs is 1. The number of aryl methyl sites for hydroxylation is 1. The molecule has 0 radical (unpaired) electrons. The molecular weight excluding hydrogens is 388 g/mol. The largest absolute Gasteiger partial charge is 0.329 e. The van der Waals surface area contributed by atoms with Gasteiger partial charge in [-0.25, -0.2) is 19.7 Å². The summed E-state index contributed by atoms with van der Waals surface area (Å²) in [7, 11) is 1.56. The van der Waals surface area contributed by atoms with E-state index in [0.717, 1.165) is 5.56 Å². The van der Waals surface area contributed by atoms with E-state index in [1.54, 1.807) is 36.1 Å². The third-order valence-electron chi connectivity index (χ3n) is 3.98. The van der Waals surface area contributed by atoms with Crippen LogP contribution in [0.3, 0.4) is 0 Å². The summed E-state index contributed by atoms with van der Waals surface area (Å²) in [6, 6.07) is 9.07. The number of hydrogen-bond donors (Lipinski definition) is 1. The summed E-state index contributed by atoms with van der Waals surface area (Å²) in [6.45, 7) is 0.312. The fourth-order valence-electron chi connectivity index (χ4n) is 2.66. The Hall–Kier alpha value is -2.91. The minimum Gasteiger partial charge on any atom is -0.308 e. The van der Waals surface area contributed by atoms with Crippen molar-refractivity contribution in [1.29, 1.82) is 0 Å². The highest BCUT2D eigenvalue weighted by molar-refractivity contribution is 7.99. The molecule has 1 aromatic carbocycles. The standard InChI is InChI=1S/C17H13ClN6O2S/c1-23-13-12(14(25)22-16(23)26)24(9-10-5-2-3-6-11(10)18)17(21-13)27-15-19-7-4-8-20-15/h2-8H,9H2,1H3,(H,22,25,26). The molecule has 0 fully saturated rings. The van der Waals surface area contributed by atoms with Gasteiger partial charge >= 0.3 is 5.69 Å². The van der Waals surface area contributed by atoms with Crippen LogP contribution in [0.25, 0.3) is 11.2 Å². The van der Waals surface area contributed by atoms with Gasteiger partial charge in [0.05, 0.1) is 6.54 Å². The van der Waals surface area contributed by atoms with Gasteiger partial charge in [0.25, 0.3) is 5.56 Å². The summed E-state index contributed by atoms with van der Waals surface area (Å²) in [4.78, 5) is 39.7. The zero-order chi connectivity index (χ0) is 19.0. The third-order valence-corrected chi connectivity index (χ3v) is 5.24. The van der Waals surface area contributed by atoms with E-state index in [1.165, 1.54) is 16.3 Å². The first-order chi connectivity index (χ1) is 13.0. The number of aromatic amines is 1. The second-order valence-electron chi connectivity index (χ2n) is 5.70. The van der Waals surface area contributed by atoms with Gasteiger partial charge in [-0.2, -0.15) is 0 Å². The molecule has 4 aromatic rings. The van der Waals surface area contributed by atoms with E-state index in [2.05, 4.69) is 19.9 Å². The van der Waals surface area contributed by atoms with Crippen molar-refractivity contribution in [2.75, 3.05) is 0 Å². The maximum Gasteiger partial charge on any atom is 0.329 e. The smallest absolute Gasteiger partial charge is 0.308 e. The Bertz CT molecular complexity index is 1250. The zero-order valence-electron chi connectivity index (χ0n) is 14.1. The molecule has 3 aromatic heterocycles. The number of imidazole rings is 1. The molecule has 4 rings (SSSR count). The van der Waals surface area contributed by atoms with Gasteiger partial charge in [-0.05, 0) is 29.5 Å². The first kappa shape index (κ1) is 17.5. The predicted molar refractivity (Wildman–Crippen MR) is 102 cm³/mol. The SMILES string of the molecule is Cn1c(=O)[nH]c(=O)c2c1nc(Sc1ncccn1)n2Cc1ccccc1Cl. The highest BCUT2D eigenvalue weighted by Gasteiger charge is 2.19. The maximum atomic E-state index is 12.5. The summed E-state index contributed by atoms with van der Waals surface area (Å²) in [5.74, 6) is 0. The molecule has 0 saturated heterocycles. The summed E-state index contributed by atoms with van der Waals surface area (Å²) >= 11 is 7.50. The van der Waals surface area contributed by atoms with Crippen LogP contribution in [0.1, 0.15) is 5.56 Å². The van der Waals surface area contributed by atoms with Crippen molar-refractivity contribution in [2.45, 2.75) is 16.9 Å². The van der Waals surface area contributed by atoms with E-state index in [0.29, 0.717) is 21.9 Å². The van der Waals surface area contributed by atoms with Gasteiger partial charge in [-0.3, -0.25) is 14.3 Å². The van der Waals surface area contributed by atoms with Gasteiger partial charge in [0.1, 0.15) is 0 Å². The van der Waals surface area contributed by atoms with Crippen LogP contribution in [0.4, 0.5) is 0 Å². The van der Waals surface area contributed by atoms with Crippen molar-refractivity contribution in [1.82, 2.24) is 29.1 Å². The van der Waals surface area contributed by atoms with Crippen molar-refractivity contribution in [3.63, 3.8) is 0 Å². The van der Waals surface area contributed by atoms with Gasteiger partial charge in [-0.1, -0.05) is 29.8 Å². The van der Waals surface area contributed by atoms with Crippen LogP contribution >= 0.6 is 23.4 Å². The molecule has 10 heteroatoms. The molecule has 3 heterocycles. The Morgan fingerprint density at radius 2 is 1.89 bits per heavy atom. The molecule has 0 saturated carbocycles. The van der Waals surface area contributed by atoms with Crippen LogP contribution in [-0.4, -0.2) is 29.1 Å². The third kappa shape index (κ3) is 3.26. The van der Waals surface area contributed by atoms with E-state index in [4.69, 9.17) is 11.6 Å². The molecular formula is C17H13ClN6O2S. The Morgan fingerprint density at radius 1 is 1.15 bits per heavy atom. The fraction of sp³-hybridized carbons (Fsp3) is 0.118. The topological polar surface area (TPSA) is 98.5 Å². The molecule has 0 aliphatic rings. The molecule has 0 atom stereocenters. The van der Waals surface area contributed by atoms with Gasteiger partial charge in [0.2, 0.25) is 0 Å². The molecule has 0 amide bonds. The van der Waals surface area contributed by atoms with Crippen LogP contribution in [0.15, 0.2) is 62.6 Å². The van der Waals surface area contributed by atoms with Gasteiger partial charge in [0.15, 0.2) is 21.5 Å². The summed E-state index contributed by atoms with van der Waals surface area (Å²) in [6.07, 6.45) is 3.25. The van der Waals surface area contributed by atoms with Gasteiger partial charge < -0.3 is 4.57 Å². The van der Waals surface area contributed by atoms with E-state index in [-0.39, 0.29) is 11.2 Å². The highest BCUT2D eigenvalue weighted by atomic mass is 35.5. The Morgan fingerprint density at radius 3 is 2.63 bits per heavy atom. The van der Waals surface area contributed by atoms with Crippen molar-refractivity contribution >= 4 is 34.5 Å². The fourth-order valence-corrected chi connectivity index (χ4v) is 3.64. The van der Waals surface area contributed by atoms with Gasteiger partial charge in [-0.15, -0.1) is 0 Å². The van der Waals surface area contributed by atoms with Gasteiger partial charge in [0, 0.05) is 24.5 Å². The van der Waals surface area contributed by atoms with Crippen molar-refractivity contribution < 1.29 is 0 Å². The average molecular weight is 401 g/mol. The number of H-pyrrole nitrogens is 1. The lowest BCUT2D eigenvalue weighted by Crippen LogP contribution is -2.29. The number of aromatic nitrogens is 6. The number of hydrogen-bond acceptors (Lipinski definition) is 6. The van der Waals surface area contributed by atoms with Crippen LogP contribution in [-0.2, 0) is 13.6 Å². The molecule has 1 N–H and O–H groups in total. The number of nitrogens with one attached hydrogen (secondary N) is 1. The lowest BCUT2D eigenvalue weighted by molar-refractivity contribution is 0.726. The zero-order valence-corrected chi connectivity index (χ0v) is 15.7. The lowest BCUT2D eigenvalue weighted by atomic mass is 10.2. The minimum atomic E-state index is -0.526. The first-order valence-electron chi connectivity index (χ1n) is 7.92. The predicted octanol–water partition coefficient (Wildman–Crippen LogP) is 2.07. The Labute approximate surface area is 161 Å². The first-order valence-corrected chi connectivity index (χ1v) is 9.12. The summed E-state index contributed by atoms with van der Waals surface area (Å²) < 4.78 is 3.02. The van der Waals surface area contributed by atoms with Crippen LogP contribution in [0.5, 0.6) is 0 Å². The molecule has 0 unspecified atom stereocenters. The van der Waals surface area contributed by atoms with Crippen LogP contribution in [0, 0.1) is 0 Å². The lowest BCUT2D eigenvalue weighted by Gasteiger charge is -2.09. The maximum absolute atomic E-state index is 12.5. The van der Waals surface area contributed by atoms with Crippen molar-refractivity contribution in [3.8, 4) is 0 Å². The quantitative estimate of drug-likeness (QED) is 0.526. The normalized spacial score (nSPS) is 11.2. The highest BCUT2D eigenvalue weighted by Crippen LogP contribution is 2.28. The number of nitrogens with zero attached hydrogens (tertiary/aromatic N) is 5. The van der Waals surface area contributed by atoms with E-state index < -0.39 is 11.2 Å². The average Bonchev–Trinajstić information content (AvgIpc) is 3.01.